The molecular formula is C16H17N3. The minimum absolute atomic E-state index is 0.259. The maximum atomic E-state index is 4.09. The summed E-state index contributed by atoms with van der Waals surface area (Å²) in [6, 6.07) is 15.1. The molecule has 0 spiro atoms. The second kappa shape index (κ2) is 4.76. The number of aromatic amines is 1. The van der Waals surface area contributed by atoms with E-state index in [4.69, 9.17) is 0 Å². The van der Waals surface area contributed by atoms with E-state index in [1.807, 2.05) is 12.3 Å². The van der Waals surface area contributed by atoms with E-state index in [-0.39, 0.29) is 6.04 Å². The number of aromatic nitrogens is 2. The van der Waals surface area contributed by atoms with E-state index in [0.717, 1.165) is 16.6 Å². The molecule has 2 N–H and O–H groups in total. The predicted octanol–water partition coefficient (Wildman–Crippen LogP) is 4.04. The Kier molecular flexibility index (Phi) is 2.95. The molecule has 3 aromatic rings. The van der Waals surface area contributed by atoms with Gasteiger partial charge in [0.05, 0.1) is 17.4 Å². The normalized spacial score (nSPS) is 12.5. The van der Waals surface area contributed by atoms with Gasteiger partial charge in [0.2, 0.25) is 0 Å². The van der Waals surface area contributed by atoms with Crippen molar-refractivity contribution < 1.29 is 0 Å². The van der Waals surface area contributed by atoms with Gasteiger partial charge in [0.1, 0.15) is 0 Å². The third-order valence-electron chi connectivity index (χ3n) is 3.43. The molecule has 0 radical (unpaired) electrons. The van der Waals surface area contributed by atoms with E-state index >= 15 is 0 Å². The van der Waals surface area contributed by atoms with Crippen LogP contribution in [0.2, 0.25) is 0 Å². The zero-order chi connectivity index (χ0) is 13.2. The van der Waals surface area contributed by atoms with Crippen LogP contribution in [-0.2, 0) is 0 Å². The van der Waals surface area contributed by atoms with Crippen molar-refractivity contribution in [2.24, 2.45) is 0 Å². The van der Waals surface area contributed by atoms with Crippen LogP contribution >= 0.6 is 0 Å². The minimum atomic E-state index is 0.259. The standard InChI is InChI=1S/C16H17N3/c1-11-6-8-13(9-7-11)12(2)18-15-5-3-4-14-10-17-19-16(14)15/h3-10,12,18H,1-2H3,(H,17,19). The Morgan fingerprint density at radius 3 is 2.68 bits per heavy atom. The number of hydrogen-bond acceptors (Lipinski definition) is 2. The fraction of sp³-hybridized carbons (Fsp3) is 0.188. The van der Waals surface area contributed by atoms with Gasteiger partial charge in [-0.1, -0.05) is 42.0 Å². The van der Waals surface area contributed by atoms with Crippen molar-refractivity contribution in [3.63, 3.8) is 0 Å². The van der Waals surface area contributed by atoms with Gasteiger partial charge < -0.3 is 5.32 Å². The Labute approximate surface area is 112 Å². The molecular weight excluding hydrogens is 234 g/mol. The smallest absolute Gasteiger partial charge is 0.0881 e. The van der Waals surface area contributed by atoms with E-state index in [1.165, 1.54) is 11.1 Å². The van der Waals surface area contributed by atoms with Crippen LogP contribution in [0.4, 0.5) is 5.69 Å². The molecule has 1 heterocycles. The summed E-state index contributed by atoms with van der Waals surface area (Å²) in [4.78, 5) is 0. The molecule has 3 heteroatoms. The monoisotopic (exact) mass is 251 g/mol. The van der Waals surface area contributed by atoms with Crippen LogP contribution < -0.4 is 5.32 Å². The number of hydrogen-bond donors (Lipinski definition) is 2. The summed E-state index contributed by atoms with van der Waals surface area (Å²) < 4.78 is 0. The summed E-state index contributed by atoms with van der Waals surface area (Å²) in [5.74, 6) is 0. The molecule has 0 aliphatic carbocycles. The van der Waals surface area contributed by atoms with Crippen molar-refractivity contribution in [1.82, 2.24) is 10.2 Å². The van der Waals surface area contributed by atoms with Crippen LogP contribution in [0, 0.1) is 6.92 Å². The minimum Gasteiger partial charge on any atom is -0.377 e. The van der Waals surface area contributed by atoms with E-state index in [0.29, 0.717) is 0 Å². The van der Waals surface area contributed by atoms with Crippen molar-refractivity contribution in [2.45, 2.75) is 19.9 Å². The first-order chi connectivity index (χ1) is 9.24. The topological polar surface area (TPSA) is 40.7 Å². The molecule has 2 aromatic carbocycles. The van der Waals surface area contributed by atoms with Crippen LogP contribution in [0.3, 0.4) is 0 Å². The van der Waals surface area contributed by atoms with E-state index in [2.05, 4.69) is 65.8 Å². The number of fused-ring (bicyclic) bond motifs is 1. The second-order valence-electron chi connectivity index (χ2n) is 4.92. The first-order valence-corrected chi connectivity index (χ1v) is 6.49. The molecule has 0 saturated heterocycles. The molecule has 0 fully saturated rings. The van der Waals surface area contributed by atoms with Crippen LogP contribution in [-0.4, -0.2) is 10.2 Å². The summed E-state index contributed by atoms with van der Waals surface area (Å²) >= 11 is 0. The number of anilines is 1. The number of nitrogens with zero attached hydrogens (tertiary/aromatic N) is 1. The third-order valence-corrected chi connectivity index (χ3v) is 3.43. The van der Waals surface area contributed by atoms with Gasteiger partial charge in [0, 0.05) is 11.4 Å². The van der Waals surface area contributed by atoms with Crippen LogP contribution in [0.5, 0.6) is 0 Å². The Bertz CT molecular complexity index is 683. The number of nitrogens with one attached hydrogen (secondary N) is 2. The summed E-state index contributed by atoms with van der Waals surface area (Å²) in [6.45, 7) is 4.27. The lowest BCUT2D eigenvalue weighted by Crippen LogP contribution is -2.06. The molecule has 1 unspecified atom stereocenters. The fourth-order valence-corrected chi connectivity index (χ4v) is 2.26. The first kappa shape index (κ1) is 11.8. The highest BCUT2D eigenvalue weighted by atomic mass is 15.1. The van der Waals surface area contributed by atoms with E-state index in [9.17, 15) is 0 Å². The molecule has 1 atom stereocenters. The quantitative estimate of drug-likeness (QED) is 0.737. The molecule has 0 aliphatic rings. The average Bonchev–Trinajstić information content (AvgIpc) is 2.89. The van der Waals surface area contributed by atoms with Crippen molar-refractivity contribution in [2.75, 3.05) is 5.32 Å². The molecule has 19 heavy (non-hydrogen) atoms. The maximum absolute atomic E-state index is 4.09. The number of benzene rings is 2. The summed E-state index contributed by atoms with van der Waals surface area (Å²) in [7, 11) is 0. The summed E-state index contributed by atoms with van der Waals surface area (Å²) in [5, 5.41) is 11.8. The molecule has 0 bridgehead atoms. The number of para-hydroxylation sites is 1. The SMILES string of the molecule is Cc1ccc(C(C)Nc2cccc3cn[nH]c23)cc1. The lowest BCUT2D eigenvalue weighted by atomic mass is 10.1. The molecule has 3 rings (SSSR count). The van der Waals surface area contributed by atoms with Crippen molar-refractivity contribution in [1.29, 1.82) is 0 Å². The van der Waals surface area contributed by atoms with Crippen molar-refractivity contribution in [3.05, 3.63) is 59.8 Å². The molecule has 1 aromatic heterocycles. The molecule has 96 valence electrons. The van der Waals surface area contributed by atoms with Crippen molar-refractivity contribution >= 4 is 16.6 Å². The Morgan fingerprint density at radius 1 is 1.11 bits per heavy atom. The van der Waals surface area contributed by atoms with Gasteiger partial charge in [-0.25, -0.2) is 0 Å². The first-order valence-electron chi connectivity index (χ1n) is 6.49. The van der Waals surface area contributed by atoms with Gasteiger partial charge in [-0.15, -0.1) is 0 Å². The van der Waals surface area contributed by atoms with Gasteiger partial charge in [-0.3, -0.25) is 5.10 Å². The third kappa shape index (κ3) is 2.32. The lowest BCUT2D eigenvalue weighted by Gasteiger charge is -2.16. The largest absolute Gasteiger partial charge is 0.377 e. The van der Waals surface area contributed by atoms with Crippen LogP contribution in [0.15, 0.2) is 48.7 Å². The lowest BCUT2D eigenvalue weighted by molar-refractivity contribution is 0.885. The van der Waals surface area contributed by atoms with Crippen LogP contribution in [0.25, 0.3) is 10.9 Å². The number of aryl methyl sites for hydroxylation is 1. The molecule has 0 saturated carbocycles. The van der Waals surface area contributed by atoms with E-state index < -0.39 is 0 Å². The van der Waals surface area contributed by atoms with Gasteiger partial charge >= 0.3 is 0 Å². The number of H-pyrrole nitrogens is 1. The van der Waals surface area contributed by atoms with E-state index in [1.54, 1.807) is 0 Å². The zero-order valence-electron chi connectivity index (χ0n) is 11.1. The maximum Gasteiger partial charge on any atom is 0.0881 e. The molecule has 0 aliphatic heterocycles. The fourth-order valence-electron chi connectivity index (χ4n) is 2.26. The summed E-state index contributed by atoms with van der Waals surface area (Å²) in [6.07, 6.45) is 1.84. The Balaban J connectivity index is 1.88. The molecule has 0 amide bonds. The number of rotatable bonds is 3. The zero-order valence-corrected chi connectivity index (χ0v) is 11.1. The predicted molar refractivity (Wildman–Crippen MR) is 79.3 cm³/mol. The van der Waals surface area contributed by atoms with Gasteiger partial charge in [0.15, 0.2) is 0 Å². The highest BCUT2D eigenvalue weighted by Gasteiger charge is 2.08. The highest BCUT2D eigenvalue weighted by Crippen LogP contribution is 2.25. The highest BCUT2D eigenvalue weighted by molar-refractivity contribution is 5.90. The Morgan fingerprint density at radius 2 is 1.89 bits per heavy atom. The second-order valence-corrected chi connectivity index (χ2v) is 4.92. The average molecular weight is 251 g/mol. The molecule has 3 nitrogen and oxygen atoms in total. The summed E-state index contributed by atoms with van der Waals surface area (Å²) in [5.41, 5.74) is 4.71. The Hall–Kier alpha value is -2.29. The van der Waals surface area contributed by atoms with Gasteiger partial charge in [0.25, 0.3) is 0 Å². The van der Waals surface area contributed by atoms with Crippen LogP contribution in [0.1, 0.15) is 24.1 Å². The van der Waals surface area contributed by atoms with Gasteiger partial charge in [-0.05, 0) is 25.5 Å². The van der Waals surface area contributed by atoms with Crippen molar-refractivity contribution in [3.8, 4) is 0 Å². The van der Waals surface area contributed by atoms with Gasteiger partial charge in [-0.2, -0.15) is 5.10 Å².